The van der Waals surface area contributed by atoms with E-state index in [2.05, 4.69) is 42.2 Å². The van der Waals surface area contributed by atoms with Crippen molar-refractivity contribution < 1.29 is 9.90 Å². The summed E-state index contributed by atoms with van der Waals surface area (Å²) in [6, 6.07) is 3.31. The quantitative estimate of drug-likeness (QED) is 0.716. The third-order valence-corrected chi connectivity index (χ3v) is 4.31. The van der Waals surface area contributed by atoms with Crippen molar-refractivity contribution in [2.24, 2.45) is 0 Å². The summed E-state index contributed by atoms with van der Waals surface area (Å²) >= 11 is 6.63. The van der Waals surface area contributed by atoms with Crippen molar-refractivity contribution in [3.63, 3.8) is 0 Å². The van der Waals surface area contributed by atoms with E-state index in [0.29, 0.717) is 15.4 Å². The van der Waals surface area contributed by atoms with Crippen LogP contribution in [0.25, 0.3) is 10.9 Å². The summed E-state index contributed by atoms with van der Waals surface area (Å²) in [6.45, 7) is 3.75. The standard InChI is InChI=1S/C14H14Br2N2O3/c1-3-6(2)17-13(20)10-12(19)8-4-7(15)5-9(16)11(8)18-14(10)21/h4-6H,3H2,1-2H3,(H,17,20)(H2,18,19,21)/t6-/m0/s1. The van der Waals surface area contributed by atoms with Gasteiger partial charge in [0, 0.05) is 20.4 Å². The molecule has 7 heteroatoms. The van der Waals surface area contributed by atoms with Crippen molar-refractivity contribution in [3.8, 4) is 5.75 Å². The van der Waals surface area contributed by atoms with E-state index < -0.39 is 11.5 Å². The van der Waals surface area contributed by atoms with Crippen LogP contribution in [-0.2, 0) is 0 Å². The van der Waals surface area contributed by atoms with E-state index in [1.54, 1.807) is 12.1 Å². The lowest BCUT2D eigenvalue weighted by atomic mass is 10.1. The number of carbonyl (C=O) groups excluding carboxylic acids is 1. The molecule has 0 radical (unpaired) electrons. The van der Waals surface area contributed by atoms with Crippen molar-refractivity contribution in [2.75, 3.05) is 0 Å². The smallest absolute Gasteiger partial charge is 0.265 e. The minimum absolute atomic E-state index is 0.0822. The molecule has 5 nitrogen and oxygen atoms in total. The molecule has 2 rings (SSSR count). The Hall–Kier alpha value is -1.34. The Kier molecular flexibility index (Phi) is 4.73. The van der Waals surface area contributed by atoms with Gasteiger partial charge in [-0.25, -0.2) is 0 Å². The molecule has 2 aromatic rings. The molecule has 1 aromatic carbocycles. The van der Waals surface area contributed by atoms with Crippen molar-refractivity contribution in [2.45, 2.75) is 26.3 Å². The van der Waals surface area contributed by atoms with Gasteiger partial charge in [0.1, 0.15) is 11.3 Å². The minimum Gasteiger partial charge on any atom is -0.506 e. The second kappa shape index (κ2) is 6.19. The summed E-state index contributed by atoms with van der Waals surface area (Å²) in [7, 11) is 0. The summed E-state index contributed by atoms with van der Waals surface area (Å²) in [5.74, 6) is -0.905. The van der Waals surface area contributed by atoms with Crippen molar-refractivity contribution >= 4 is 48.7 Å². The lowest BCUT2D eigenvalue weighted by molar-refractivity contribution is 0.0935. The van der Waals surface area contributed by atoms with E-state index in [4.69, 9.17) is 0 Å². The van der Waals surface area contributed by atoms with Crippen LogP contribution >= 0.6 is 31.9 Å². The predicted molar refractivity (Wildman–Crippen MR) is 88.9 cm³/mol. The maximum absolute atomic E-state index is 12.2. The van der Waals surface area contributed by atoms with Gasteiger partial charge in [-0.15, -0.1) is 0 Å². The molecule has 0 aliphatic rings. The number of carbonyl (C=O) groups is 1. The van der Waals surface area contributed by atoms with Crippen LogP contribution in [0.5, 0.6) is 5.75 Å². The Morgan fingerprint density at radius 3 is 2.71 bits per heavy atom. The van der Waals surface area contributed by atoms with E-state index in [-0.39, 0.29) is 17.4 Å². The fourth-order valence-corrected chi connectivity index (χ4v) is 3.24. The summed E-state index contributed by atoms with van der Waals surface area (Å²) in [6.07, 6.45) is 0.731. The highest BCUT2D eigenvalue weighted by Crippen LogP contribution is 2.32. The van der Waals surface area contributed by atoms with Crippen LogP contribution in [0.2, 0.25) is 0 Å². The average molecular weight is 418 g/mol. The molecule has 21 heavy (non-hydrogen) atoms. The van der Waals surface area contributed by atoms with E-state index in [0.717, 1.165) is 10.9 Å². The normalized spacial score (nSPS) is 12.4. The molecule has 0 aliphatic heterocycles. The van der Waals surface area contributed by atoms with Crippen LogP contribution in [-0.4, -0.2) is 22.0 Å². The maximum atomic E-state index is 12.2. The zero-order chi connectivity index (χ0) is 15.7. The monoisotopic (exact) mass is 416 g/mol. The number of aromatic amines is 1. The first kappa shape index (κ1) is 16.0. The van der Waals surface area contributed by atoms with Gasteiger partial charge in [0.2, 0.25) is 0 Å². The number of nitrogens with one attached hydrogen (secondary N) is 2. The Morgan fingerprint density at radius 1 is 1.43 bits per heavy atom. The average Bonchev–Trinajstić information content (AvgIpc) is 2.40. The first-order valence-electron chi connectivity index (χ1n) is 6.40. The van der Waals surface area contributed by atoms with Crippen LogP contribution in [0.4, 0.5) is 0 Å². The second-order valence-electron chi connectivity index (χ2n) is 4.77. The number of halogens is 2. The van der Waals surface area contributed by atoms with Crippen LogP contribution in [0, 0.1) is 0 Å². The third kappa shape index (κ3) is 3.13. The van der Waals surface area contributed by atoms with Crippen LogP contribution in [0.15, 0.2) is 25.9 Å². The molecule has 0 saturated carbocycles. The molecule has 3 N–H and O–H groups in total. The zero-order valence-corrected chi connectivity index (χ0v) is 14.6. The van der Waals surface area contributed by atoms with Gasteiger partial charge in [-0.3, -0.25) is 9.59 Å². The number of H-pyrrole nitrogens is 1. The number of pyridine rings is 1. The highest BCUT2D eigenvalue weighted by Gasteiger charge is 2.21. The Morgan fingerprint density at radius 2 is 2.10 bits per heavy atom. The largest absolute Gasteiger partial charge is 0.506 e. The van der Waals surface area contributed by atoms with Crippen LogP contribution in [0.3, 0.4) is 0 Å². The van der Waals surface area contributed by atoms with E-state index in [1.165, 1.54) is 0 Å². The molecular weight excluding hydrogens is 404 g/mol. The van der Waals surface area contributed by atoms with Gasteiger partial charge in [0.15, 0.2) is 0 Å². The second-order valence-corrected chi connectivity index (χ2v) is 6.54. The minimum atomic E-state index is -0.621. The fourth-order valence-electron chi connectivity index (χ4n) is 1.91. The molecule has 1 atom stereocenters. The number of amides is 1. The molecule has 1 aromatic heterocycles. The first-order chi connectivity index (χ1) is 9.85. The molecule has 1 heterocycles. The number of fused-ring (bicyclic) bond motifs is 1. The molecule has 0 fully saturated rings. The van der Waals surface area contributed by atoms with Gasteiger partial charge in [-0.05, 0) is 41.4 Å². The molecule has 1 amide bonds. The lowest BCUT2D eigenvalue weighted by Gasteiger charge is -2.13. The van der Waals surface area contributed by atoms with Gasteiger partial charge < -0.3 is 15.4 Å². The summed E-state index contributed by atoms with van der Waals surface area (Å²) in [5.41, 5.74) is -0.447. The van der Waals surface area contributed by atoms with E-state index in [1.807, 2.05) is 13.8 Å². The number of benzene rings is 1. The Balaban J connectivity index is 2.66. The van der Waals surface area contributed by atoms with Gasteiger partial charge in [0.05, 0.1) is 5.52 Å². The molecule has 0 spiro atoms. The SMILES string of the molecule is CC[C@H](C)NC(=O)c1c(O)c2cc(Br)cc(Br)c2[nH]c1=O. The van der Waals surface area contributed by atoms with Gasteiger partial charge >= 0.3 is 0 Å². The molecule has 0 saturated heterocycles. The molecule has 0 bridgehead atoms. The van der Waals surface area contributed by atoms with Gasteiger partial charge in [-0.1, -0.05) is 22.9 Å². The number of hydrogen-bond donors (Lipinski definition) is 3. The number of aromatic hydroxyl groups is 1. The van der Waals surface area contributed by atoms with Gasteiger partial charge in [-0.2, -0.15) is 0 Å². The highest BCUT2D eigenvalue weighted by molar-refractivity contribution is 9.11. The van der Waals surface area contributed by atoms with Crippen LogP contribution in [0.1, 0.15) is 30.6 Å². The van der Waals surface area contributed by atoms with Crippen molar-refractivity contribution in [1.29, 1.82) is 0 Å². The molecule has 112 valence electrons. The fraction of sp³-hybridized carbons (Fsp3) is 0.286. The summed E-state index contributed by atoms with van der Waals surface area (Å²) in [5, 5.41) is 13.4. The summed E-state index contributed by atoms with van der Waals surface area (Å²) in [4.78, 5) is 26.9. The molecular formula is C14H14Br2N2O3. The first-order valence-corrected chi connectivity index (χ1v) is 7.98. The molecule has 0 aliphatic carbocycles. The maximum Gasteiger partial charge on any atom is 0.265 e. The number of hydrogen-bond acceptors (Lipinski definition) is 3. The Bertz CT molecular complexity index is 771. The zero-order valence-electron chi connectivity index (χ0n) is 11.5. The van der Waals surface area contributed by atoms with Crippen LogP contribution < -0.4 is 10.9 Å². The Labute approximate surface area is 138 Å². The lowest BCUT2D eigenvalue weighted by Crippen LogP contribution is -2.35. The molecule has 0 unspecified atom stereocenters. The summed E-state index contributed by atoms with van der Waals surface area (Å²) < 4.78 is 1.34. The van der Waals surface area contributed by atoms with Crippen molar-refractivity contribution in [1.82, 2.24) is 10.3 Å². The number of aromatic nitrogens is 1. The third-order valence-electron chi connectivity index (χ3n) is 3.23. The number of rotatable bonds is 3. The highest BCUT2D eigenvalue weighted by atomic mass is 79.9. The topological polar surface area (TPSA) is 82.2 Å². The van der Waals surface area contributed by atoms with E-state index >= 15 is 0 Å². The van der Waals surface area contributed by atoms with Crippen molar-refractivity contribution in [3.05, 3.63) is 37.0 Å². The van der Waals surface area contributed by atoms with Gasteiger partial charge in [0.25, 0.3) is 11.5 Å². The van der Waals surface area contributed by atoms with E-state index in [9.17, 15) is 14.7 Å². The predicted octanol–water partition coefficient (Wildman–Crippen LogP) is 3.29.